The SMILES string of the molecule is Cc1ccc2c(n1)CC(CO)C2. The molecule has 2 heteroatoms. The number of aryl methyl sites for hydroxylation is 1. The Kier molecular flexibility index (Phi) is 1.85. The van der Waals surface area contributed by atoms with E-state index in [0.29, 0.717) is 5.92 Å². The van der Waals surface area contributed by atoms with Gasteiger partial charge in [-0.3, -0.25) is 4.98 Å². The second-order valence-corrected chi connectivity index (χ2v) is 3.52. The summed E-state index contributed by atoms with van der Waals surface area (Å²) in [7, 11) is 0. The third kappa shape index (κ3) is 1.23. The van der Waals surface area contributed by atoms with E-state index in [4.69, 9.17) is 5.11 Å². The minimum Gasteiger partial charge on any atom is -0.396 e. The number of nitrogens with zero attached hydrogens (tertiary/aromatic N) is 1. The third-order valence-electron chi connectivity index (χ3n) is 2.46. The van der Waals surface area contributed by atoms with Crippen molar-refractivity contribution in [3.05, 3.63) is 29.1 Å². The van der Waals surface area contributed by atoms with Gasteiger partial charge in [0, 0.05) is 18.0 Å². The van der Waals surface area contributed by atoms with Crippen molar-refractivity contribution in [3.63, 3.8) is 0 Å². The summed E-state index contributed by atoms with van der Waals surface area (Å²) in [6.07, 6.45) is 1.95. The van der Waals surface area contributed by atoms with Gasteiger partial charge in [0.15, 0.2) is 0 Å². The van der Waals surface area contributed by atoms with Crippen LogP contribution in [0.5, 0.6) is 0 Å². The van der Waals surface area contributed by atoms with Crippen LogP contribution < -0.4 is 0 Å². The molecule has 1 aliphatic carbocycles. The highest BCUT2D eigenvalue weighted by atomic mass is 16.3. The molecule has 0 radical (unpaired) electrons. The fraction of sp³-hybridized carbons (Fsp3) is 0.500. The summed E-state index contributed by atoms with van der Waals surface area (Å²) >= 11 is 0. The lowest BCUT2D eigenvalue weighted by Crippen LogP contribution is -2.04. The molecule has 2 rings (SSSR count). The number of aliphatic hydroxyl groups is 1. The van der Waals surface area contributed by atoms with E-state index >= 15 is 0 Å². The highest BCUT2D eigenvalue weighted by molar-refractivity contribution is 5.27. The lowest BCUT2D eigenvalue weighted by molar-refractivity contribution is 0.232. The standard InChI is InChI=1S/C10H13NO/c1-7-2-3-9-4-8(6-12)5-10(9)11-7/h2-3,8,12H,4-6H2,1H3. The number of pyridine rings is 1. The van der Waals surface area contributed by atoms with Crippen molar-refractivity contribution >= 4 is 0 Å². The van der Waals surface area contributed by atoms with Crippen LogP contribution in [0.4, 0.5) is 0 Å². The number of aromatic nitrogens is 1. The summed E-state index contributed by atoms with van der Waals surface area (Å²) in [5, 5.41) is 8.98. The molecule has 1 N–H and O–H groups in total. The lowest BCUT2D eigenvalue weighted by Gasteiger charge is -1.99. The molecule has 1 aromatic rings. The maximum absolute atomic E-state index is 8.98. The van der Waals surface area contributed by atoms with Crippen molar-refractivity contribution in [2.45, 2.75) is 19.8 Å². The largest absolute Gasteiger partial charge is 0.396 e. The number of fused-ring (bicyclic) bond motifs is 1. The zero-order chi connectivity index (χ0) is 8.55. The Morgan fingerprint density at radius 3 is 3.08 bits per heavy atom. The molecule has 1 heterocycles. The summed E-state index contributed by atoms with van der Waals surface area (Å²) in [6.45, 7) is 2.29. The Bertz CT molecular complexity index is 296. The van der Waals surface area contributed by atoms with E-state index in [0.717, 1.165) is 18.5 Å². The van der Waals surface area contributed by atoms with Crippen LogP contribution in [0, 0.1) is 12.8 Å². The van der Waals surface area contributed by atoms with Crippen molar-refractivity contribution in [1.29, 1.82) is 0 Å². The molecular formula is C10H13NO. The minimum atomic E-state index is 0.287. The molecule has 0 amide bonds. The van der Waals surface area contributed by atoms with Crippen molar-refractivity contribution < 1.29 is 5.11 Å². The number of rotatable bonds is 1. The summed E-state index contributed by atoms with van der Waals surface area (Å²) in [5.41, 5.74) is 3.58. The number of hydrogen-bond donors (Lipinski definition) is 1. The Morgan fingerprint density at radius 1 is 1.50 bits per heavy atom. The van der Waals surface area contributed by atoms with Gasteiger partial charge in [0.25, 0.3) is 0 Å². The van der Waals surface area contributed by atoms with Gasteiger partial charge in [-0.15, -0.1) is 0 Å². The normalized spacial score (nSPS) is 21.0. The van der Waals surface area contributed by atoms with E-state index in [2.05, 4.69) is 11.1 Å². The van der Waals surface area contributed by atoms with Crippen LogP contribution in [0.3, 0.4) is 0 Å². The second-order valence-electron chi connectivity index (χ2n) is 3.52. The first-order valence-electron chi connectivity index (χ1n) is 4.36. The van der Waals surface area contributed by atoms with Crippen LogP contribution in [0.2, 0.25) is 0 Å². The Morgan fingerprint density at radius 2 is 2.33 bits per heavy atom. The van der Waals surface area contributed by atoms with Crippen LogP contribution >= 0.6 is 0 Å². The predicted octanol–water partition coefficient (Wildman–Crippen LogP) is 1.10. The Hall–Kier alpha value is -0.890. The molecule has 12 heavy (non-hydrogen) atoms. The van der Waals surface area contributed by atoms with Gasteiger partial charge in [0.1, 0.15) is 0 Å². The van der Waals surface area contributed by atoms with E-state index in [1.165, 1.54) is 11.3 Å². The average Bonchev–Trinajstić information content (AvgIpc) is 2.46. The van der Waals surface area contributed by atoms with Gasteiger partial charge in [0.2, 0.25) is 0 Å². The molecule has 1 atom stereocenters. The molecule has 1 unspecified atom stereocenters. The van der Waals surface area contributed by atoms with E-state index < -0.39 is 0 Å². The van der Waals surface area contributed by atoms with E-state index in [1.807, 2.05) is 13.0 Å². The van der Waals surface area contributed by atoms with Crippen molar-refractivity contribution in [2.24, 2.45) is 5.92 Å². The fourth-order valence-electron chi connectivity index (χ4n) is 1.79. The lowest BCUT2D eigenvalue weighted by atomic mass is 10.1. The molecule has 2 nitrogen and oxygen atoms in total. The highest BCUT2D eigenvalue weighted by Gasteiger charge is 2.21. The molecule has 0 aliphatic heterocycles. The van der Waals surface area contributed by atoms with Crippen LogP contribution in [0.15, 0.2) is 12.1 Å². The van der Waals surface area contributed by atoms with Gasteiger partial charge in [0.05, 0.1) is 0 Å². The van der Waals surface area contributed by atoms with Crippen molar-refractivity contribution in [2.75, 3.05) is 6.61 Å². The van der Waals surface area contributed by atoms with E-state index in [-0.39, 0.29) is 6.61 Å². The molecule has 0 saturated carbocycles. The summed E-state index contributed by atoms with van der Waals surface area (Å²) in [4.78, 5) is 4.44. The number of aliphatic hydroxyl groups excluding tert-OH is 1. The first-order valence-corrected chi connectivity index (χ1v) is 4.36. The van der Waals surface area contributed by atoms with Crippen molar-refractivity contribution in [3.8, 4) is 0 Å². The molecule has 0 saturated heterocycles. The molecule has 1 aromatic heterocycles. The van der Waals surface area contributed by atoms with Gasteiger partial charge in [-0.25, -0.2) is 0 Å². The van der Waals surface area contributed by atoms with Gasteiger partial charge in [-0.05, 0) is 37.3 Å². The zero-order valence-electron chi connectivity index (χ0n) is 7.25. The summed E-state index contributed by atoms with van der Waals surface area (Å²) in [6, 6.07) is 4.17. The molecule has 0 spiro atoms. The van der Waals surface area contributed by atoms with Gasteiger partial charge in [-0.1, -0.05) is 6.07 Å². The van der Waals surface area contributed by atoms with Gasteiger partial charge >= 0.3 is 0 Å². The van der Waals surface area contributed by atoms with E-state index in [9.17, 15) is 0 Å². The average molecular weight is 163 g/mol. The smallest absolute Gasteiger partial charge is 0.0466 e. The van der Waals surface area contributed by atoms with Gasteiger partial charge in [-0.2, -0.15) is 0 Å². The quantitative estimate of drug-likeness (QED) is 0.672. The molecule has 0 aromatic carbocycles. The van der Waals surface area contributed by atoms with Crippen LogP contribution in [0.1, 0.15) is 17.0 Å². The van der Waals surface area contributed by atoms with Crippen LogP contribution in [0.25, 0.3) is 0 Å². The van der Waals surface area contributed by atoms with Gasteiger partial charge < -0.3 is 5.11 Å². The Labute approximate surface area is 72.3 Å². The second kappa shape index (κ2) is 2.87. The van der Waals surface area contributed by atoms with E-state index in [1.54, 1.807) is 0 Å². The summed E-state index contributed by atoms with van der Waals surface area (Å²) < 4.78 is 0. The maximum Gasteiger partial charge on any atom is 0.0466 e. The van der Waals surface area contributed by atoms with Crippen LogP contribution in [-0.2, 0) is 12.8 Å². The third-order valence-corrected chi connectivity index (χ3v) is 2.46. The molecule has 0 fully saturated rings. The molecular weight excluding hydrogens is 150 g/mol. The predicted molar refractivity (Wildman–Crippen MR) is 47.0 cm³/mol. The molecule has 64 valence electrons. The topological polar surface area (TPSA) is 33.1 Å². The highest BCUT2D eigenvalue weighted by Crippen LogP contribution is 2.24. The molecule has 1 aliphatic rings. The zero-order valence-corrected chi connectivity index (χ0v) is 7.25. The fourth-order valence-corrected chi connectivity index (χ4v) is 1.79. The minimum absolute atomic E-state index is 0.287. The summed E-state index contributed by atoms with van der Waals surface area (Å²) in [5.74, 6) is 0.411. The number of hydrogen-bond acceptors (Lipinski definition) is 2. The Balaban J connectivity index is 2.30. The first-order chi connectivity index (χ1) is 5.79. The maximum atomic E-state index is 8.98. The monoisotopic (exact) mass is 163 g/mol. The first kappa shape index (κ1) is 7.74. The van der Waals surface area contributed by atoms with Crippen molar-refractivity contribution in [1.82, 2.24) is 4.98 Å². The van der Waals surface area contributed by atoms with Crippen LogP contribution in [-0.4, -0.2) is 16.7 Å². The molecule has 0 bridgehead atoms.